The first-order chi connectivity index (χ1) is 13.8. The number of azide groups is 1. The first-order valence-electron chi connectivity index (χ1n) is 9.67. The van der Waals surface area contributed by atoms with Gasteiger partial charge in [0, 0.05) is 23.1 Å². The van der Waals surface area contributed by atoms with Crippen LogP contribution in [0.15, 0.2) is 77.9 Å². The van der Waals surface area contributed by atoms with E-state index in [0.29, 0.717) is 6.54 Å². The SMILES string of the molecule is [N-]=[N+]=NC[C@@H]1CCCN1[C@H](C#Cc1ccccc1)c1ccc2ccccc2c1. The summed E-state index contributed by atoms with van der Waals surface area (Å²) in [5.41, 5.74) is 11.0. The van der Waals surface area contributed by atoms with Gasteiger partial charge in [0.2, 0.25) is 0 Å². The molecule has 0 unspecified atom stereocenters. The molecule has 4 nitrogen and oxygen atoms in total. The lowest BCUT2D eigenvalue weighted by molar-refractivity contribution is 0.223. The Balaban J connectivity index is 1.74. The van der Waals surface area contributed by atoms with E-state index in [1.807, 2.05) is 30.3 Å². The van der Waals surface area contributed by atoms with E-state index >= 15 is 0 Å². The van der Waals surface area contributed by atoms with Crippen LogP contribution in [0.1, 0.15) is 30.0 Å². The Hall–Kier alpha value is -3.25. The van der Waals surface area contributed by atoms with Gasteiger partial charge in [-0.05, 0) is 59.5 Å². The minimum absolute atomic E-state index is 0.0220. The van der Waals surface area contributed by atoms with Crippen molar-refractivity contribution in [3.8, 4) is 11.8 Å². The van der Waals surface area contributed by atoms with Crippen molar-refractivity contribution in [2.75, 3.05) is 13.1 Å². The quantitative estimate of drug-likeness (QED) is 0.253. The molecule has 28 heavy (non-hydrogen) atoms. The van der Waals surface area contributed by atoms with Crippen LogP contribution < -0.4 is 0 Å². The number of nitrogens with zero attached hydrogens (tertiary/aromatic N) is 4. The van der Waals surface area contributed by atoms with Crippen molar-refractivity contribution < 1.29 is 0 Å². The number of rotatable bonds is 4. The topological polar surface area (TPSA) is 52.0 Å². The van der Waals surface area contributed by atoms with E-state index in [2.05, 4.69) is 69.2 Å². The Labute approximate surface area is 165 Å². The summed E-state index contributed by atoms with van der Waals surface area (Å²) < 4.78 is 0. The van der Waals surface area contributed by atoms with E-state index in [1.54, 1.807) is 0 Å². The summed E-state index contributed by atoms with van der Waals surface area (Å²) in [6, 6.07) is 25.3. The molecular weight excluding hydrogens is 344 g/mol. The lowest BCUT2D eigenvalue weighted by atomic mass is 10.00. The van der Waals surface area contributed by atoms with Gasteiger partial charge in [0.25, 0.3) is 0 Å². The van der Waals surface area contributed by atoms with E-state index < -0.39 is 0 Å². The van der Waals surface area contributed by atoms with Gasteiger partial charge in [0.1, 0.15) is 0 Å². The van der Waals surface area contributed by atoms with Crippen molar-refractivity contribution in [3.05, 3.63) is 94.4 Å². The second kappa shape index (κ2) is 8.63. The third-order valence-electron chi connectivity index (χ3n) is 5.33. The van der Waals surface area contributed by atoms with E-state index in [-0.39, 0.29) is 12.1 Å². The second-order valence-corrected chi connectivity index (χ2v) is 7.09. The molecule has 2 atom stereocenters. The zero-order valence-electron chi connectivity index (χ0n) is 15.7. The Morgan fingerprint density at radius 1 is 1.04 bits per heavy atom. The number of benzene rings is 3. The summed E-state index contributed by atoms with van der Waals surface area (Å²) in [6.07, 6.45) is 2.14. The Kier molecular flexibility index (Phi) is 5.58. The fraction of sp³-hybridized carbons (Fsp3) is 0.250. The van der Waals surface area contributed by atoms with Crippen molar-refractivity contribution in [2.45, 2.75) is 24.9 Å². The fourth-order valence-electron chi connectivity index (χ4n) is 3.93. The van der Waals surface area contributed by atoms with Crippen LogP contribution in [0, 0.1) is 11.8 Å². The largest absolute Gasteiger partial charge is 0.283 e. The van der Waals surface area contributed by atoms with E-state index in [0.717, 1.165) is 24.9 Å². The Morgan fingerprint density at radius 3 is 2.64 bits per heavy atom. The smallest absolute Gasteiger partial charge is 0.0977 e. The summed E-state index contributed by atoms with van der Waals surface area (Å²) >= 11 is 0. The second-order valence-electron chi connectivity index (χ2n) is 7.09. The monoisotopic (exact) mass is 366 g/mol. The highest BCUT2D eigenvalue weighted by molar-refractivity contribution is 5.83. The van der Waals surface area contributed by atoms with Crippen LogP contribution >= 0.6 is 0 Å². The average molecular weight is 366 g/mol. The summed E-state index contributed by atoms with van der Waals surface area (Å²) in [7, 11) is 0. The molecule has 3 aromatic carbocycles. The molecule has 4 heteroatoms. The van der Waals surface area contributed by atoms with Crippen molar-refractivity contribution in [1.29, 1.82) is 0 Å². The third-order valence-corrected chi connectivity index (χ3v) is 5.33. The molecular formula is C24H22N4. The molecule has 0 saturated carbocycles. The highest BCUT2D eigenvalue weighted by Gasteiger charge is 2.30. The van der Waals surface area contributed by atoms with Crippen LogP contribution in [0.4, 0.5) is 0 Å². The molecule has 4 rings (SSSR count). The molecule has 0 N–H and O–H groups in total. The van der Waals surface area contributed by atoms with Crippen LogP contribution in [0.3, 0.4) is 0 Å². The highest BCUT2D eigenvalue weighted by atomic mass is 15.2. The maximum atomic E-state index is 8.75. The van der Waals surface area contributed by atoms with Crippen LogP contribution in [-0.2, 0) is 0 Å². The van der Waals surface area contributed by atoms with Crippen LogP contribution in [0.5, 0.6) is 0 Å². The number of fused-ring (bicyclic) bond motifs is 1. The predicted octanol–water partition coefficient (Wildman–Crippen LogP) is 5.71. The summed E-state index contributed by atoms with van der Waals surface area (Å²) in [5.74, 6) is 6.86. The fourth-order valence-corrected chi connectivity index (χ4v) is 3.93. The van der Waals surface area contributed by atoms with Crippen LogP contribution in [0.25, 0.3) is 21.2 Å². The number of likely N-dealkylation sites (tertiary alicyclic amines) is 1. The zero-order valence-corrected chi connectivity index (χ0v) is 15.7. The number of hydrogen-bond donors (Lipinski definition) is 0. The molecule has 1 saturated heterocycles. The van der Waals surface area contributed by atoms with Crippen molar-refractivity contribution in [3.63, 3.8) is 0 Å². The molecule has 0 spiro atoms. The summed E-state index contributed by atoms with van der Waals surface area (Å²) in [6.45, 7) is 1.46. The Bertz CT molecular complexity index is 1060. The molecule has 0 amide bonds. The van der Waals surface area contributed by atoms with Crippen molar-refractivity contribution in [1.82, 2.24) is 4.90 Å². The van der Waals surface area contributed by atoms with Gasteiger partial charge in [-0.2, -0.15) is 0 Å². The van der Waals surface area contributed by atoms with Crippen molar-refractivity contribution >= 4 is 10.8 Å². The first kappa shape index (κ1) is 18.1. The van der Waals surface area contributed by atoms with Gasteiger partial charge in [0.15, 0.2) is 0 Å². The van der Waals surface area contributed by atoms with Gasteiger partial charge < -0.3 is 0 Å². The first-order valence-corrected chi connectivity index (χ1v) is 9.67. The van der Waals surface area contributed by atoms with E-state index in [9.17, 15) is 0 Å². The molecule has 0 aromatic heterocycles. The van der Waals surface area contributed by atoms with Gasteiger partial charge in [-0.1, -0.05) is 71.6 Å². The molecule has 1 aliphatic heterocycles. The lowest BCUT2D eigenvalue weighted by Gasteiger charge is -2.29. The summed E-state index contributed by atoms with van der Waals surface area (Å²) in [4.78, 5) is 5.36. The predicted molar refractivity (Wildman–Crippen MR) is 114 cm³/mol. The van der Waals surface area contributed by atoms with Gasteiger partial charge in [-0.3, -0.25) is 4.90 Å². The molecule has 3 aromatic rings. The average Bonchev–Trinajstić information content (AvgIpc) is 3.21. The maximum absolute atomic E-state index is 8.75. The minimum atomic E-state index is -0.0220. The minimum Gasteiger partial charge on any atom is -0.283 e. The molecule has 1 aliphatic rings. The van der Waals surface area contributed by atoms with Crippen LogP contribution in [0.2, 0.25) is 0 Å². The molecule has 0 bridgehead atoms. The lowest BCUT2D eigenvalue weighted by Crippen LogP contribution is -2.34. The molecule has 0 aliphatic carbocycles. The highest BCUT2D eigenvalue weighted by Crippen LogP contribution is 2.31. The van der Waals surface area contributed by atoms with Crippen LogP contribution in [-0.4, -0.2) is 24.0 Å². The molecule has 1 heterocycles. The maximum Gasteiger partial charge on any atom is 0.0977 e. The van der Waals surface area contributed by atoms with Gasteiger partial charge in [0.05, 0.1) is 6.04 Å². The number of hydrogen-bond acceptors (Lipinski definition) is 2. The normalized spacial score (nSPS) is 17.5. The van der Waals surface area contributed by atoms with Gasteiger partial charge in [-0.25, -0.2) is 0 Å². The van der Waals surface area contributed by atoms with Gasteiger partial charge >= 0.3 is 0 Å². The van der Waals surface area contributed by atoms with E-state index in [1.165, 1.54) is 16.3 Å². The molecule has 138 valence electrons. The van der Waals surface area contributed by atoms with Gasteiger partial charge in [-0.15, -0.1) is 0 Å². The zero-order chi connectivity index (χ0) is 19.2. The molecule has 0 radical (unpaired) electrons. The molecule has 1 fully saturated rings. The summed E-state index contributed by atoms with van der Waals surface area (Å²) in [5, 5.41) is 6.29. The third kappa shape index (κ3) is 4.02. The Morgan fingerprint density at radius 2 is 1.82 bits per heavy atom. The standard InChI is InChI=1S/C24H22N4/c25-27-26-18-23-11-6-16-28(23)24(15-12-19-7-2-1-3-8-19)22-14-13-20-9-4-5-10-21(20)17-22/h1-5,7-10,13-14,17,23-24H,6,11,16,18H2/t23-,24+/m0/s1. The van der Waals surface area contributed by atoms with E-state index in [4.69, 9.17) is 5.53 Å². The van der Waals surface area contributed by atoms with Crippen molar-refractivity contribution in [2.24, 2.45) is 5.11 Å².